The predicted molar refractivity (Wildman–Crippen MR) is 93.6 cm³/mol. The Bertz CT molecular complexity index is 1030. The molecule has 0 fully saturated rings. The van der Waals surface area contributed by atoms with Crippen molar-refractivity contribution < 1.29 is 4.39 Å². The van der Waals surface area contributed by atoms with Crippen molar-refractivity contribution in [2.75, 3.05) is 5.32 Å². The fraction of sp³-hybridized carbons (Fsp3) is 0.167. The second-order valence-electron chi connectivity index (χ2n) is 5.92. The number of fused-ring (bicyclic) bond motifs is 1. The molecule has 3 aromatic heterocycles. The van der Waals surface area contributed by atoms with E-state index in [2.05, 4.69) is 20.5 Å². The lowest BCUT2D eigenvalue weighted by Crippen LogP contribution is -2.11. The number of nitrogens with zero attached hydrogens (tertiary/aromatic N) is 5. The fourth-order valence-electron chi connectivity index (χ4n) is 2.79. The van der Waals surface area contributed by atoms with Crippen LogP contribution in [0.15, 0.2) is 55.0 Å². The van der Waals surface area contributed by atoms with Crippen LogP contribution in [-0.2, 0) is 7.05 Å². The van der Waals surface area contributed by atoms with Crippen molar-refractivity contribution in [1.82, 2.24) is 24.4 Å². The van der Waals surface area contributed by atoms with Crippen LogP contribution in [0.4, 0.5) is 10.2 Å². The highest BCUT2D eigenvalue weighted by Gasteiger charge is 2.14. The number of rotatable bonds is 4. The normalized spacial score (nSPS) is 12.4. The topological polar surface area (TPSA) is 60.0 Å². The third kappa shape index (κ3) is 2.84. The molecule has 0 aliphatic carbocycles. The van der Waals surface area contributed by atoms with E-state index >= 15 is 0 Å². The van der Waals surface area contributed by atoms with E-state index < -0.39 is 0 Å². The van der Waals surface area contributed by atoms with Crippen molar-refractivity contribution in [3.05, 3.63) is 66.4 Å². The number of aryl methyl sites for hydroxylation is 1. The Morgan fingerprint density at radius 2 is 2.00 bits per heavy atom. The van der Waals surface area contributed by atoms with Gasteiger partial charge in [-0.15, -0.1) is 0 Å². The van der Waals surface area contributed by atoms with Crippen LogP contribution in [0.3, 0.4) is 0 Å². The van der Waals surface area contributed by atoms with E-state index in [0.717, 1.165) is 11.4 Å². The fourth-order valence-corrected chi connectivity index (χ4v) is 2.79. The first-order valence-corrected chi connectivity index (χ1v) is 7.96. The summed E-state index contributed by atoms with van der Waals surface area (Å²) in [5.41, 5.74) is 2.73. The zero-order valence-electron chi connectivity index (χ0n) is 13.9. The molecule has 6 nitrogen and oxygen atoms in total. The summed E-state index contributed by atoms with van der Waals surface area (Å²) in [4.78, 5) is 4.52. The van der Waals surface area contributed by atoms with Gasteiger partial charge < -0.3 is 5.32 Å². The van der Waals surface area contributed by atoms with Crippen LogP contribution >= 0.6 is 0 Å². The minimum atomic E-state index is -0.301. The Hall–Kier alpha value is -3.22. The third-order valence-corrected chi connectivity index (χ3v) is 4.10. The summed E-state index contributed by atoms with van der Waals surface area (Å²) in [7, 11) is 1.88. The monoisotopic (exact) mass is 336 g/mol. The molecule has 1 aromatic carbocycles. The van der Waals surface area contributed by atoms with Crippen molar-refractivity contribution in [2.45, 2.75) is 13.0 Å². The van der Waals surface area contributed by atoms with Crippen molar-refractivity contribution in [2.24, 2.45) is 7.05 Å². The largest absolute Gasteiger partial charge is 0.363 e. The molecule has 0 saturated heterocycles. The van der Waals surface area contributed by atoms with Crippen LogP contribution in [-0.4, -0.2) is 24.4 Å². The molecule has 0 aliphatic heterocycles. The minimum absolute atomic E-state index is 0.0111. The number of aromatic nitrogens is 5. The first-order chi connectivity index (χ1) is 12.1. The summed E-state index contributed by atoms with van der Waals surface area (Å²) in [5.74, 6) is 0.440. The molecule has 0 aliphatic rings. The van der Waals surface area contributed by atoms with E-state index in [-0.39, 0.29) is 11.9 Å². The zero-order chi connectivity index (χ0) is 17.4. The van der Waals surface area contributed by atoms with Crippen molar-refractivity contribution in [3.63, 3.8) is 0 Å². The maximum Gasteiger partial charge on any atom is 0.157 e. The van der Waals surface area contributed by atoms with Gasteiger partial charge in [0.15, 0.2) is 5.65 Å². The molecule has 0 radical (unpaired) electrons. The van der Waals surface area contributed by atoms with Gasteiger partial charge in [-0.1, -0.05) is 12.1 Å². The second kappa shape index (κ2) is 6.01. The molecular weight excluding hydrogens is 319 g/mol. The highest BCUT2D eigenvalue weighted by Crippen LogP contribution is 2.26. The first kappa shape index (κ1) is 15.3. The van der Waals surface area contributed by atoms with Crippen LogP contribution in [0.25, 0.3) is 16.9 Å². The standard InChI is InChI=1S/C18H17FN6/c1-12(13-10-21-24(2)11-13)22-18-9-16(14-5-3-4-6-15(14)19)23-17-7-8-20-25(17)18/h3-12,22H,1-2H3/t12-/m0/s1. The summed E-state index contributed by atoms with van der Waals surface area (Å²) in [6.07, 6.45) is 5.45. The molecule has 1 atom stereocenters. The minimum Gasteiger partial charge on any atom is -0.363 e. The van der Waals surface area contributed by atoms with E-state index in [9.17, 15) is 4.39 Å². The number of anilines is 1. The average molecular weight is 336 g/mol. The molecule has 3 heterocycles. The average Bonchev–Trinajstić information content (AvgIpc) is 3.24. The highest BCUT2D eigenvalue weighted by molar-refractivity contribution is 5.67. The molecule has 0 bridgehead atoms. The molecule has 7 heteroatoms. The van der Waals surface area contributed by atoms with Gasteiger partial charge in [-0.25, -0.2) is 9.37 Å². The van der Waals surface area contributed by atoms with E-state index in [4.69, 9.17) is 0 Å². The lowest BCUT2D eigenvalue weighted by atomic mass is 10.1. The van der Waals surface area contributed by atoms with Crippen LogP contribution in [0.2, 0.25) is 0 Å². The van der Waals surface area contributed by atoms with Gasteiger partial charge in [0.1, 0.15) is 11.6 Å². The maximum atomic E-state index is 14.2. The summed E-state index contributed by atoms with van der Waals surface area (Å²) in [5, 5.41) is 11.9. The number of hydrogen-bond donors (Lipinski definition) is 1. The molecule has 4 aromatic rings. The van der Waals surface area contributed by atoms with Gasteiger partial charge in [0, 0.05) is 36.5 Å². The third-order valence-electron chi connectivity index (χ3n) is 4.10. The van der Waals surface area contributed by atoms with Crippen LogP contribution in [0.1, 0.15) is 18.5 Å². The molecule has 25 heavy (non-hydrogen) atoms. The summed E-state index contributed by atoms with van der Waals surface area (Å²) in [6, 6.07) is 10.2. The quantitative estimate of drug-likeness (QED) is 0.620. The Morgan fingerprint density at radius 1 is 1.16 bits per heavy atom. The summed E-state index contributed by atoms with van der Waals surface area (Å²) < 4.78 is 17.6. The molecule has 4 rings (SSSR count). The molecular formula is C18H17FN6. The first-order valence-electron chi connectivity index (χ1n) is 7.96. The van der Waals surface area contributed by atoms with Gasteiger partial charge in [0.2, 0.25) is 0 Å². The molecule has 126 valence electrons. The Morgan fingerprint density at radius 3 is 2.76 bits per heavy atom. The predicted octanol–water partition coefficient (Wildman–Crippen LogP) is 3.44. The Balaban J connectivity index is 1.77. The van der Waals surface area contributed by atoms with Crippen LogP contribution in [0.5, 0.6) is 0 Å². The van der Waals surface area contributed by atoms with Crippen LogP contribution < -0.4 is 5.32 Å². The van der Waals surface area contributed by atoms with E-state index in [0.29, 0.717) is 16.9 Å². The zero-order valence-corrected chi connectivity index (χ0v) is 13.9. The van der Waals surface area contributed by atoms with Crippen molar-refractivity contribution >= 4 is 11.5 Å². The Kier molecular flexibility index (Phi) is 3.68. The summed E-state index contributed by atoms with van der Waals surface area (Å²) in [6.45, 7) is 2.04. The molecule has 0 amide bonds. The van der Waals surface area contributed by atoms with Gasteiger partial charge in [-0.2, -0.15) is 14.7 Å². The van der Waals surface area contributed by atoms with Gasteiger partial charge in [0.25, 0.3) is 0 Å². The number of halogens is 1. The Labute approximate surface area is 143 Å². The molecule has 0 spiro atoms. The molecule has 0 saturated carbocycles. The lowest BCUT2D eigenvalue weighted by Gasteiger charge is -2.16. The molecule has 1 N–H and O–H groups in total. The number of hydrogen-bond acceptors (Lipinski definition) is 4. The highest BCUT2D eigenvalue weighted by atomic mass is 19.1. The summed E-state index contributed by atoms with van der Waals surface area (Å²) >= 11 is 0. The SMILES string of the molecule is C[C@H](Nc1cc(-c2ccccc2F)nc2ccnn12)c1cnn(C)c1. The van der Waals surface area contributed by atoms with Gasteiger partial charge in [-0.3, -0.25) is 4.68 Å². The number of nitrogens with one attached hydrogen (secondary N) is 1. The van der Waals surface area contributed by atoms with Gasteiger partial charge in [0.05, 0.1) is 24.1 Å². The van der Waals surface area contributed by atoms with Gasteiger partial charge >= 0.3 is 0 Å². The van der Waals surface area contributed by atoms with E-state index in [1.807, 2.05) is 32.4 Å². The second-order valence-corrected chi connectivity index (χ2v) is 5.92. The van der Waals surface area contributed by atoms with Gasteiger partial charge in [-0.05, 0) is 19.1 Å². The van der Waals surface area contributed by atoms with Crippen LogP contribution in [0, 0.1) is 5.82 Å². The van der Waals surface area contributed by atoms with E-state index in [1.54, 1.807) is 39.7 Å². The lowest BCUT2D eigenvalue weighted by molar-refractivity contribution is 0.630. The number of benzene rings is 1. The molecule has 0 unspecified atom stereocenters. The maximum absolute atomic E-state index is 14.2. The van der Waals surface area contributed by atoms with Crippen molar-refractivity contribution in [1.29, 1.82) is 0 Å². The van der Waals surface area contributed by atoms with Crippen molar-refractivity contribution in [3.8, 4) is 11.3 Å². The smallest absolute Gasteiger partial charge is 0.157 e. The van der Waals surface area contributed by atoms with E-state index in [1.165, 1.54) is 6.07 Å².